The van der Waals surface area contributed by atoms with Gasteiger partial charge in [-0.25, -0.2) is 0 Å². The van der Waals surface area contributed by atoms with Crippen molar-refractivity contribution in [3.05, 3.63) is 29.6 Å². The van der Waals surface area contributed by atoms with Crippen LogP contribution < -0.4 is 0 Å². The number of aromatic nitrogens is 1. The molecule has 0 saturated heterocycles. The number of hydrogen-bond donors (Lipinski definition) is 0. The molecule has 1 aromatic heterocycles. The average Bonchev–Trinajstić information content (AvgIpc) is 2.29. The summed E-state index contributed by atoms with van der Waals surface area (Å²) in [5.74, 6) is 0.115. The van der Waals surface area contributed by atoms with Gasteiger partial charge in [0, 0.05) is 26.3 Å². The standard InChI is InChI=1S/C12H17NO2/c1-3-10-6-4-8-13-12(10)11(14)7-5-9-15-2/h4,6,8H,3,5,7,9H2,1-2H3. The van der Waals surface area contributed by atoms with Gasteiger partial charge in [0.2, 0.25) is 0 Å². The fourth-order valence-electron chi connectivity index (χ4n) is 1.47. The molecule has 0 bridgehead atoms. The van der Waals surface area contributed by atoms with Crippen molar-refractivity contribution in [1.29, 1.82) is 0 Å². The Kier molecular flexibility index (Phi) is 4.98. The number of aryl methyl sites for hydroxylation is 1. The summed E-state index contributed by atoms with van der Waals surface area (Å²) >= 11 is 0. The van der Waals surface area contributed by atoms with E-state index in [2.05, 4.69) is 4.98 Å². The van der Waals surface area contributed by atoms with Gasteiger partial charge in [-0.15, -0.1) is 0 Å². The quantitative estimate of drug-likeness (QED) is 0.530. The Hall–Kier alpha value is -1.22. The number of ether oxygens (including phenoxy) is 1. The molecule has 1 heterocycles. The first kappa shape index (κ1) is 11.9. The van der Waals surface area contributed by atoms with Crippen LogP contribution in [-0.2, 0) is 11.2 Å². The van der Waals surface area contributed by atoms with Gasteiger partial charge in [-0.05, 0) is 24.5 Å². The van der Waals surface area contributed by atoms with Gasteiger partial charge < -0.3 is 4.74 Å². The monoisotopic (exact) mass is 207 g/mol. The van der Waals surface area contributed by atoms with Crippen LogP contribution in [-0.4, -0.2) is 24.5 Å². The first-order chi connectivity index (χ1) is 7.29. The average molecular weight is 207 g/mol. The normalized spacial score (nSPS) is 10.3. The number of pyridine rings is 1. The summed E-state index contributed by atoms with van der Waals surface area (Å²) in [7, 11) is 1.64. The second-order valence-corrected chi connectivity index (χ2v) is 3.38. The maximum Gasteiger partial charge on any atom is 0.181 e. The van der Waals surface area contributed by atoms with Crippen LogP contribution in [0.15, 0.2) is 18.3 Å². The summed E-state index contributed by atoms with van der Waals surface area (Å²) < 4.78 is 4.91. The van der Waals surface area contributed by atoms with Crippen molar-refractivity contribution in [2.24, 2.45) is 0 Å². The fraction of sp³-hybridized carbons (Fsp3) is 0.500. The molecule has 0 fully saturated rings. The predicted octanol–water partition coefficient (Wildman–Crippen LogP) is 2.25. The number of Topliss-reactive ketones (excluding diaryl/α,β-unsaturated/α-hetero) is 1. The van der Waals surface area contributed by atoms with Gasteiger partial charge >= 0.3 is 0 Å². The Morgan fingerprint density at radius 1 is 1.53 bits per heavy atom. The highest BCUT2D eigenvalue weighted by Gasteiger charge is 2.10. The lowest BCUT2D eigenvalue weighted by Gasteiger charge is -2.04. The zero-order valence-corrected chi connectivity index (χ0v) is 9.32. The van der Waals surface area contributed by atoms with Crippen LogP contribution in [0, 0.1) is 0 Å². The number of rotatable bonds is 6. The molecule has 0 N–H and O–H groups in total. The van der Waals surface area contributed by atoms with E-state index >= 15 is 0 Å². The van der Waals surface area contributed by atoms with Gasteiger partial charge in [-0.3, -0.25) is 9.78 Å². The van der Waals surface area contributed by atoms with Crippen LogP contribution >= 0.6 is 0 Å². The number of carbonyl (C=O) groups is 1. The molecule has 0 aromatic carbocycles. The highest BCUT2D eigenvalue weighted by molar-refractivity contribution is 5.95. The SMILES string of the molecule is CCc1cccnc1C(=O)CCCOC. The molecule has 3 heteroatoms. The Morgan fingerprint density at radius 2 is 2.33 bits per heavy atom. The Morgan fingerprint density at radius 3 is 3.00 bits per heavy atom. The minimum atomic E-state index is 0.115. The molecule has 0 aliphatic rings. The fourth-order valence-corrected chi connectivity index (χ4v) is 1.47. The molecule has 0 spiro atoms. The Balaban J connectivity index is 2.64. The lowest BCUT2D eigenvalue weighted by Crippen LogP contribution is -2.07. The number of methoxy groups -OCH3 is 1. The molecule has 15 heavy (non-hydrogen) atoms. The van der Waals surface area contributed by atoms with Crippen molar-refractivity contribution in [3.8, 4) is 0 Å². The molecule has 0 aliphatic carbocycles. The summed E-state index contributed by atoms with van der Waals surface area (Å²) in [6, 6.07) is 3.82. The molecular weight excluding hydrogens is 190 g/mol. The molecule has 82 valence electrons. The van der Waals surface area contributed by atoms with Crippen LogP contribution in [0.3, 0.4) is 0 Å². The summed E-state index contributed by atoms with van der Waals surface area (Å²) in [4.78, 5) is 15.9. The van der Waals surface area contributed by atoms with Crippen LogP contribution in [0.2, 0.25) is 0 Å². The third-order valence-electron chi connectivity index (χ3n) is 2.29. The van der Waals surface area contributed by atoms with E-state index in [0.29, 0.717) is 18.7 Å². The second kappa shape index (κ2) is 6.30. The molecule has 1 rings (SSSR count). The number of nitrogens with zero attached hydrogens (tertiary/aromatic N) is 1. The van der Waals surface area contributed by atoms with E-state index in [1.54, 1.807) is 13.3 Å². The van der Waals surface area contributed by atoms with E-state index in [0.717, 1.165) is 18.4 Å². The zero-order valence-electron chi connectivity index (χ0n) is 9.32. The lowest BCUT2D eigenvalue weighted by molar-refractivity contribution is 0.0957. The lowest BCUT2D eigenvalue weighted by atomic mass is 10.1. The van der Waals surface area contributed by atoms with Gasteiger partial charge in [0.05, 0.1) is 0 Å². The minimum Gasteiger partial charge on any atom is -0.385 e. The van der Waals surface area contributed by atoms with E-state index in [1.165, 1.54) is 0 Å². The van der Waals surface area contributed by atoms with E-state index in [-0.39, 0.29) is 5.78 Å². The first-order valence-electron chi connectivity index (χ1n) is 5.25. The topological polar surface area (TPSA) is 39.2 Å². The van der Waals surface area contributed by atoms with Crippen LogP contribution in [0.4, 0.5) is 0 Å². The minimum absolute atomic E-state index is 0.115. The molecule has 0 saturated carbocycles. The molecule has 0 unspecified atom stereocenters. The Bertz CT molecular complexity index is 323. The summed E-state index contributed by atoms with van der Waals surface area (Å²) in [5.41, 5.74) is 1.65. The van der Waals surface area contributed by atoms with Crippen LogP contribution in [0.1, 0.15) is 35.8 Å². The van der Waals surface area contributed by atoms with Crippen LogP contribution in [0.25, 0.3) is 0 Å². The van der Waals surface area contributed by atoms with E-state index in [4.69, 9.17) is 4.74 Å². The van der Waals surface area contributed by atoms with Crippen molar-refractivity contribution in [3.63, 3.8) is 0 Å². The van der Waals surface area contributed by atoms with E-state index in [1.807, 2.05) is 19.1 Å². The number of hydrogen-bond acceptors (Lipinski definition) is 3. The van der Waals surface area contributed by atoms with Crippen molar-refractivity contribution in [2.75, 3.05) is 13.7 Å². The maximum atomic E-state index is 11.8. The van der Waals surface area contributed by atoms with Crippen LogP contribution in [0.5, 0.6) is 0 Å². The predicted molar refractivity (Wildman–Crippen MR) is 59.1 cm³/mol. The summed E-state index contributed by atoms with van der Waals surface area (Å²) in [6.07, 6.45) is 3.79. The van der Waals surface area contributed by atoms with E-state index < -0.39 is 0 Å². The van der Waals surface area contributed by atoms with Crippen molar-refractivity contribution < 1.29 is 9.53 Å². The zero-order chi connectivity index (χ0) is 11.1. The number of ketones is 1. The van der Waals surface area contributed by atoms with Gasteiger partial charge in [0.15, 0.2) is 5.78 Å². The van der Waals surface area contributed by atoms with E-state index in [9.17, 15) is 4.79 Å². The van der Waals surface area contributed by atoms with Gasteiger partial charge in [0.25, 0.3) is 0 Å². The van der Waals surface area contributed by atoms with Gasteiger partial charge in [-0.1, -0.05) is 13.0 Å². The van der Waals surface area contributed by atoms with Crippen molar-refractivity contribution in [1.82, 2.24) is 4.98 Å². The third kappa shape index (κ3) is 3.44. The molecule has 0 aliphatic heterocycles. The highest BCUT2D eigenvalue weighted by Crippen LogP contribution is 2.09. The smallest absolute Gasteiger partial charge is 0.181 e. The molecule has 0 atom stereocenters. The van der Waals surface area contributed by atoms with Crippen molar-refractivity contribution in [2.45, 2.75) is 26.2 Å². The van der Waals surface area contributed by atoms with Crippen molar-refractivity contribution >= 4 is 5.78 Å². The first-order valence-corrected chi connectivity index (χ1v) is 5.25. The van der Waals surface area contributed by atoms with Gasteiger partial charge in [0.1, 0.15) is 5.69 Å². The molecule has 0 radical (unpaired) electrons. The molecule has 1 aromatic rings. The summed E-state index contributed by atoms with van der Waals surface area (Å²) in [6.45, 7) is 2.66. The van der Waals surface area contributed by atoms with Gasteiger partial charge in [-0.2, -0.15) is 0 Å². The molecule has 3 nitrogen and oxygen atoms in total. The maximum absolute atomic E-state index is 11.8. The Labute approximate surface area is 90.5 Å². The largest absolute Gasteiger partial charge is 0.385 e. The molecule has 0 amide bonds. The highest BCUT2D eigenvalue weighted by atomic mass is 16.5. The number of carbonyl (C=O) groups excluding carboxylic acids is 1. The summed E-state index contributed by atoms with van der Waals surface area (Å²) in [5, 5.41) is 0. The third-order valence-corrected chi connectivity index (χ3v) is 2.29. The second-order valence-electron chi connectivity index (χ2n) is 3.38. The molecular formula is C12H17NO2.